The van der Waals surface area contributed by atoms with Gasteiger partial charge in [0.25, 0.3) is 0 Å². The molecule has 1 aliphatic rings. The predicted molar refractivity (Wildman–Crippen MR) is 39.9 cm³/mol. The maximum absolute atomic E-state index is 10.9. The van der Waals surface area contributed by atoms with Crippen molar-refractivity contribution in [1.82, 2.24) is 0 Å². The Hall–Kier alpha value is -0.570. The van der Waals surface area contributed by atoms with Crippen LogP contribution < -0.4 is 0 Å². The van der Waals surface area contributed by atoms with Crippen LogP contribution in [0.2, 0.25) is 0 Å². The summed E-state index contributed by atoms with van der Waals surface area (Å²) in [5, 5.41) is 9.45. The van der Waals surface area contributed by atoms with Gasteiger partial charge in [0.1, 0.15) is 12.2 Å². The normalized spacial score (nSPS) is 37.9. The van der Waals surface area contributed by atoms with Gasteiger partial charge in [0.05, 0.1) is 5.92 Å². The number of aliphatic hydroxyl groups is 1. The lowest BCUT2D eigenvalue weighted by Crippen LogP contribution is -2.29. The highest BCUT2D eigenvalue weighted by Gasteiger charge is 2.41. The minimum atomic E-state index is -0.623. The van der Waals surface area contributed by atoms with Crippen LogP contribution >= 0.6 is 0 Å². The molecule has 3 atom stereocenters. The summed E-state index contributed by atoms with van der Waals surface area (Å²) < 4.78 is 4.96. The second kappa shape index (κ2) is 2.81. The van der Waals surface area contributed by atoms with Crippen LogP contribution in [0.3, 0.4) is 0 Å². The van der Waals surface area contributed by atoms with Gasteiger partial charge in [0.2, 0.25) is 0 Å². The number of hydrogen-bond acceptors (Lipinski definition) is 3. The van der Waals surface area contributed by atoms with Gasteiger partial charge >= 0.3 is 5.97 Å². The molecular weight excluding hydrogens is 144 g/mol. The largest absolute Gasteiger partial charge is 0.459 e. The lowest BCUT2D eigenvalue weighted by molar-refractivity contribution is -0.145. The lowest BCUT2D eigenvalue weighted by Gasteiger charge is -2.16. The maximum atomic E-state index is 10.9. The van der Waals surface area contributed by atoms with Gasteiger partial charge in [0, 0.05) is 0 Å². The highest BCUT2D eigenvalue weighted by molar-refractivity contribution is 5.75. The average Bonchev–Trinajstić information content (AvgIpc) is 2.17. The summed E-state index contributed by atoms with van der Waals surface area (Å²) in [6, 6.07) is 0. The molecule has 1 fully saturated rings. The number of carbonyl (C=O) groups is 1. The summed E-state index contributed by atoms with van der Waals surface area (Å²) >= 11 is 0. The Morgan fingerprint density at radius 1 is 1.55 bits per heavy atom. The first-order chi connectivity index (χ1) is 5.04. The molecule has 0 bridgehead atoms. The van der Waals surface area contributed by atoms with E-state index in [2.05, 4.69) is 0 Å². The van der Waals surface area contributed by atoms with Crippen LogP contribution in [-0.4, -0.2) is 23.3 Å². The zero-order chi connectivity index (χ0) is 8.59. The first-order valence-electron chi connectivity index (χ1n) is 3.92. The Balaban J connectivity index is 2.67. The Morgan fingerprint density at radius 2 is 2.09 bits per heavy atom. The van der Waals surface area contributed by atoms with Crippen molar-refractivity contribution in [1.29, 1.82) is 0 Å². The van der Waals surface area contributed by atoms with Crippen molar-refractivity contribution < 1.29 is 14.6 Å². The molecule has 0 amide bonds. The third-order valence-electron chi connectivity index (χ3n) is 2.13. The van der Waals surface area contributed by atoms with Gasteiger partial charge in [0.15, 0.2) is 0 Å². The molecule has 3 heteroatoms. The standard InChI is InChI=1S/C8H14O3/c1-4(2)7-6(9)5(3)8(10)11-7/h4-7,9H,1-3H3. The second-order valence-electron chi connectivity index (χ2n) is 3.42. The van der Waals surface area contributed by atoms with Gasteiger partial charge in [-0.05, 0) is 12.8 Å². The van der Waals surface area contributed by atoms with Crippen molar-refractivity contribution in [3.63, 3.8) is 0 Å². The van der Waals surface area contributed by atoms with Gasteiger partial charge in [-0.1, -0.05) is 13.8 Å². The molecule has 64 valence electrons. The smallest absolute Gasteiger partial charge is 0.311 e. The van der Waals surface area contributed by atoms with E-state index in [4.69, 9.17) is 4.74 Å². The number of hydrogen-bond donors (Lipinski definition) is 1. The molecule has 0 aliphatic carbocycles. The Kier molecular flexibility index (Phi) is 2.18. The van der Waals surface area contributed by atoms with Crippen molar-refractivity contribution in [2.75, 3.05) is 0 Å². The molecule has 0 aromatic heterocycles. The van der Waals surface area contributed by atoms with Crippen molar-refractivity contribution in [2.45, 2.75) is 33.0 Å². The predicted octanol–water partition coefficient (Wildman–Crippen LogP) is 0.565. The highest BCUT2D eigenvalue weighted by Crippen LogP contribution is 2.26. The number of esters is 1. The van der Waals surface area contributed by atoms with Crippen LogP contribution in [0.1, 0.15) is 20.8 Å². The summed E-state index contributed by atoms with van der Waals surface area (Å²) in [6.45, 7) is 5.55. The topological polar surface area (TPSA) is 46.5 Å². The van der Waals surface area contributed by atoms with E-state index >= 15 is 0 Å². The maximum Gasteiger partial charge on any atom is 0.311 e. The molecule has 1 rings (SSSR count). The Bertz CT molecular complexity index is 165. The molecule has 11 heavy (non-hydrogen) atoms. The fraction of sp³-hybridized carbons (Fsp3) is 0.875. The summed E-state index contributed by atoms with van der Waals surface area (Å²) in [6.07, 6.45) is -0.931. The van der Waals surface area contributed by atoms with E-state index in [0.717, 1.165) is 0 Å². The SMILES string of the molecule is CC(C)C1OC(=O)C(C)C1O. The molecule has 0 aromatic rings. The van der Waals surface area contributed by atoms with Crippen LogP contribution in [0.25, 0.3) is 0 Å². The van der Waals surface area contributed by atoms with Crippen molar-refractivity contribution in [3.8, 4) is 0 Å². The van der Waals surface area contributed by atoms with Crippen LogP contribution in [0.5, 0.6) is 0 Å². The molecule has 1 N–H and O–H groups in total. The Labute approximate surface area is 66.4 Å². The van der Waals surface area contributed by atoms with E-state index in [0.29, 0.717) is 0 Å². The number of cyclic esters (lactones) is 1. The molecule has 3 unspecified atom stereocenters. The first kappa shape index (κ1) is 8.53. The van der Waals surface area contributed by atoms with E-state index in [-0.39, 0.29) is 23.9 Å². The zero-order valence-corrected chi connectivity index (χ0v) is 7.07. The van der Waals surface area contributed by atoms with E-state index in [1.165, 1.54) is 0 Å². The molecule has 0 aromatic carbocycles. The van der Waals surface area contributed by atoms with Gasteiger partial charge in [-0.2, -0.15) is 0 Å². The molecule has 3 nitrogen and oxygen atoms in total. The summed E-state index contributed by atoms with van der Waals surface area (Å²) in [5.74, 6) is -0.447. The van der Waals surface area contributed by atoms with Crippen LogP contribution in [0.15, 0.2) is 0 Å². The number of rotatable bonds is 1. The molecule has 1 saturated heterocycles. The number of ether oxygens (including phenoxy) is 1. The highest BCUT2D eigenvalue weighted by atomic mass is 16.6. The third kappa shape index (κ3) is 1.38. The van der Waals surface area contributed by atoms with Gasteiger partial charge in [-0.3, -0.25) is 4.79 Å². The summed E-state index contributed by atoms with van der Waals surface area (Å²) in [5.41, 5.74) is 0. The van der Waals surface area contributed by atoms with Crippen molar-refractivity contribution >= 4 is 5.97 Å². The molecule has 1 heterocycles. The third-order valence-corrected chi connectivity index (χ3v) is 2.13. The summed E-state index contributed by atoms with van der Waals surface area (Å²) in [4.78, 5) is 10.9. The van der Waals surface area contributed by atoms with Crippen LogP contribution in [-0.2, 0) is 9.53 Å². The average molecular weight is 158 g/mol. The van der Waals surface area contributed by atoms with Crippen LogP contribution in [0.4, 0.5) is 0 Å². The number of carbonyl (C=O) groups excluding carboxylic acids is 1. The van der Waals surface area contributed by atoms with Gasteiger partial charge < -0.3 is 9.84 Å². The fourth-order valence-corrected chi connectivity index (χ4v) is 1.27. The molecule has 0 spiro atoms. The minimum Gasteiger partial charge on any atom is -0.459 e. The molecular formula is C8H14O3. The van der Waals surface area contributed by atoms with Gasteiger partial charge in [-0.15, -0.1) is 0 Å². The fourth-order valence-electron chi connectivity index (χ4n) is 1.27. The van der Waals surface area contributed by atoms with Crippen molar-refractivity contribution in [3.05, 3.63) is 0 Å². The monoisotopic (exact) mass is 158 g/mol. The molecule has 0 saturated carbocycles. The van der Waals surface area contributed by atoms with Crippen molar-refractivity contribution in [2.24, 2.45) is 11.8 Å². The van der Waals surface area contributed by atoms with Crippen LogP contribution in [0, 0.1) is 11.8 Å². The number of aliphatic hydroxyl groups excluding tert-OH is 1. The minimum absolute atomic E-state index is 0.193. The Morgan fingerprint density at radius 3 is 2.27 bits per heavy atom. The van der Waals surface area contributed by atoms with E-state index in [9.17, 15) is 9.90 Å². The van der Waals surface area contributed by atoms with Gasteiger partial charge in [-0.25, -0.2) is 0 Å². The summed E-state index contributed by atoms with van der Waals surface area (Å²) in [7, 11) is 0. The van der Waals surface area contributed by atoms with E-state index in [1.54, 1.807) is 6.92 Å². The second-order valence-corrected chi connectivity index (χ2v) is 3.42. The van der Waals surface area contributed by atoms with E-state index in [1.807, 2.05) is 13.8 Å². The quantitative estimate of drug-likeness (QED) is 0.567. The molecule has 0 radical (unpaired) electrons. The first-order valence-corrected chi connectivity index (χ1v) is 3.92. The molecule has 1 aliphatic heterocycles. The zero-order valence-electron chi connectivity index (χ0n) is 7.07. The lowest BCUT2D eigenvalue weighted by atomic mass is 9.96. The van der Waals surface area contributed by atoms with E-state index < -0.39 is 6.10 Å².